The summed E-state index contributed by atoms with van der Waals surface area (Å²) in [5.74, 6) is 0.250. The van der Waals surface area contributed by atoms with Gasteiger partial charge < -0.3 is 15.0 Å². The van der Waals surface area contributed by atoms with E-state index in [1.807, 2.05) is 0 Å². The van der Waals surface area contributed by atoms with E-state index in [2.05, 4.69) is 26.2 Å². The molecule has 0 bridgehead atoms. The molecule has 0 fully saturated rings. The number of halogens is 2. The number of anilines is 2. The van der Waals surface area contributed by atoms with Crippen LogP contribution in [0.2, 0.25) is 0 Å². The normalized spacial score (nSPS) is 10.2. The third kappa shape index (κ3) is 2.19. The van der Waals surface area contributed by atoms with Gasteiger partial charge in [0.1, 0.15) is 11.5 Å². The van der Waals surface area contributed by atoms with Crippen LogP contribution >= 0.6 is 15.9 Å². The van der Waals surface area contributed by atoms with E-state index in [0.29, 0.717) is 21.7 Å². The van der Waals surface area contributed by atoms with E-state index >= 15 is 0 Å². The quantitative estimate of drug-likeness (QED) is 0.902. The molecule has 0 aliphatic carbocycles. The van der Waals surface area contributed by atoms with Crippen molar-refractivity contribution in [2.45, 2.75) is 0 Å². The number of hydrogen-bond donors (Lipinski definition) is 2. The van der Waals surface area contributed by atoms with E-state index < -0.39 is 0 Å². The van der Waals surface area contributed by atoms with E-state index in [4.69, 9.17) is 4.74 Å². The van der Waals surface area contributed by atoms with Gasteiger partial charge in [0, 0.05) is 10.7 Å². The van der Waals surface area contributed by atoms with Crippen molar-refractivity contribution in [3.63, 3.8) is 0 Å². The van der Waals surface area contributed by atoms with Crippen LogP contribution in [-0.4, -0.2) is 12.1 Å². The van der Waals surface area contributed by atoms with Gasteiger partial charge in [0.2, 0.25) is 5.88 Å². The summed E-state index contributed by atoms with van der Waals surface area (Å²) < 4.78 is 19.3. The van der Waals surface area contributed by atoms with Gasteiger partial charge in [-0.3, -0.25) is 0 Å². The molecule has 0 saturated carbocycles. The zero-order chi connectivity index (χ0) is 11.5. The number of H-pyrrole nitrogens is 1. The highest BCUT2D eigenvalue weighted by molar-refractivity contribution is 9.10. The van der Waals surface area contributed by atoms with Gasteiger partial charge >= 0.3 is 0 Å². The summed E-state index contributed by atoms with van der Waals surface area (Å²) in [6.07, 6.45) is 1.72. The molecule has 1 aromatic carbocycles. The van der Waals surface area contributed by atoms with Crippen molar-refractivity contribution in [3.8, 4) is 5.88 Å². The molecule has 0 unspecified atom stereocenters. The van der Waals surface area contributed by atoms with Gasteiger partial charge in [-0.25, -0.2) is 4.39 Å². The molecule has 16 heavy (non-hydrogen) atoms. The van der Waals surface area contributed by atoms with Crippen molar-refractivity contribution in [3.05, 3.63) is 40.8 Å². The van der Waals surface area contributed by atoms with Crippen molar-refractivity contribution in [1.82, 2.24) is 4.98 Å². The Labute approximate surface area is 101 Å². The molecule has 3 nitrogen and oxygen atoms in total. The maximum absolute atomic E-state index is 13.5. The Morgan fingerprint density at radius 1 is 1.31 bits per heavy atom. The maximum Gasteiger partial charge on any atom is 0.214 e. The third-order valence-electron chi connectivity index (χ3n) is 2.11. The summed E-state index contributed by atoms with van der Waals surface area (Å²) in [4.78, 5) is 2.89. The summed E-state index contributed by atoms with van der Waals surface area (Å²) in [6.45, 7) is 0. The standard InChI is InChI=1S/C11H10BrFN2O/c1-16-11-10(4-5-14-11)15-9-3-2-7(12)6-8(9)13/h2-6,14-15H,1H3. The van der Waals surface area contributed by atoms with Crippen LogP contribution in [-0.2, 0) is 0 Å². The molecule has 2 N–H and O–H groups in total. The van der Waals surface area contributed by atoms with Gasteiger partial charge in [0.05, 0.1) is 12.8 Å². The van der Waals surface area contributed by atoms with E-state index in [1.165, 1.54) is 6.07 Å². The average Bonchev–Trinajstić information content (AvgIpc) is 2.69. The zero-order valence-electron chi connectivity index (χ0n) is 8.55. The zero-order valence-corrected chi connectivity index (χ0v) is 10.1. The lowest BCUT2D eigenvalue weighted by Gasteiger charge is -2.07. The topological polar surface area (TPSA) is 37.0 Å². The van der Waals surface area contributed by atoms with Gasteiger partial charge in [0.25, 0.3) is 0 Å². The highest BCUT2D eigenvalue weighted by Crippen LogP contribution is 2.28. The average molecular weight is 285 g/mol. The van der Waals surface area contributed by atoms with Crippen molar-refractivity contribution in [1.29, 1.82) is 0 Å². The van der Waals surface area contributed by atoms with E-state index in [1.54, 1.807) is 31.5 Å². The Morgan fingerprint density at radius 2 is 2.12 bits per heavy atom. The van der Waals surface area contributed by atoms with Crippen LogP contribution in [0.4, 0.5) is 15.8 Å². The van der Waals surface area contributed by atoms with Crippen LogP contribution in [0, 0.1) is 5.82 Å². The minimum absolute atomic E-state index is 0.322. The van der Waals surface area contributed by atoms with Crippen molar-refractivity contribution in [2.75, 3.05) is 12.4 Å². The number of aromatic nitrogens is 1. The summed E-state index contributed by atoms with van der Waals surface area (Å²) in [5, 5.41) is 2.95. The highest BCUT2D eigenvalue weighted by atomic mass is 79.9. The molecular formula is C11H10BrFN2O. The fraction of sp³-hybridized carbons (Fsp3) is 0.0909. The number of benzene rings is 1. The summed E-state index contributed by atoms with van der Waals surface area (Å²) in [7, 11) is 1.55. The molecule has 0 aliphatic rings. The fourth-order valence-corrected chi connectivity index (χ4v) is 1.69. The van der Waals surface area contributed by atoms with Crippen LogP contribution in [0.5, 0.6) is 5.88 Å². The Bertz CT molecular complexity index is 498. The van der Waals surface area contributed by atoms with Crippen LogP contribution in [0.15, 0.2) is 34.9 Å². The second kappa shape index (κ2) is 4.57. The third-order valence-corrected chi connectivity index (χ3v) is 2.61. The summed E-state index contributed by atoms with van der Waals surface area (Å²) in [6, 6.07) is 6.61. The van der Waals surface area contributed by atoms with Crippen LogP contribution in [0.25, 0.3) is 0 Å². The number of nitrogens with one attached hydrogen (secondary N) is 2. The van der Waals surface area contributed by atoms with Gasteiger partial charge in [-0.15, -0.1) is 0 Å². The van der Waals surface area contributed by atoms with Gasteiger partial charge in [-0.05, 0) is 24.3 Å². The first-order valence-corrected chi connectivity index (χ1v) is 5.43. The fourth-order valence-electron chi connectivity index (χ4n) is 1.36. The van der Waals surface area contributed by atoms with Crippen LogP contribution in [0.1, 0.15) is 0 Å². The Hall–Kier alpha value is -1.49. The molecular weight excluding hydrogens is 275 g/mol. The van der Waals surface area contributed by atoms with Crippen molar-refractivity contribution >= 4 is 27.3 Å². The largest absolute Gasteiger partial charge is 0.481 e. The smallest absolute Gasteiger partial charge is 0.214 e. The first-order valence-electron chi connectivity index (χ1n) is 4.64. The SMILES string of the molecule is COc1[nH]ccc1Nc1ccc(Br)cc1F. The molecule has 0 radical (unpaired) electrons. The molecule has 0 atom stereocenters. The Morgan fingerprint density at radius 3 is 2.81 bits per heavy atom. The second-order valence-electron chi connectivity index (χ2n) is 3.17. The number of aromatic amines is 1. The van der Waals surface area contributed by atoms with Crippen LogP contribution in [0.3, 0.4) is 0 Å². The monoisotopic (exact) mass is 284 g/mol. The molecule has 0 saturated heterocycles. The predicted molar refractivity (Wildman–Crippen MR) is 64.7 cm³/mol. The Kier molecular flexibility index (Phi) is 3.14. The molecule has 0 aliphatic heterocycles. The minimum Gasteiger partial charge on any atom is -0.481 e. The van der Waals surface area contributed by atoms with E-state index in [9.17, 15) is 4.39 Å². The minimum atomic E-state index is -0.322. The van der Waals surface area contributed by atoms with Crippen LogP contribution < -0.4 is 10.1 Å². The molecule has 1 aromatic heterocycles. The number of ether oxygens (including phenoxy) is 1. The molecule has 1 heterocycles. The first kappa shape index (κ1) is 11.0. The number of methoxy groups -OCH3 is 1. The number of hydrogen-bond acceptors (Lipinski definition) is 2. The molecule has 5 heteroatoms. The lowest BCUT2D eigenvalue weighted by Crippen LogP contribution is -1.95. The van der Waals surface area contributed by atoms with E-state index in [0.717, 1.165) is 0 Å². The van der Waals surface area contributed by atoms with Gasteiger partial charge in [0.15, 0.2) is 0 Å². The molecule has 84 valence electrons. The maximum atomic E-state index is 13.5. The lowest BCUT2D eigenvalue weighted by atomic mass is 10.3. The lowest BCUT2D eigenvalue weighted by molar-refractivity contribution is 0.402. The molecule has 2 rings (SSSR count). The van der Waals surface area contributed by atoms with Gasteiger partial charge in [-0.2, -0.15) is 0 Å². The second-order valence-corrected chi connectivity index (χ2v) is 4.09. The number of rotatable bonds is 3. The molecule has 0 spiro atoms. The van der Waals surface area contributed by atoms with Crippen molar-refractivity contribution < 1.29 is 9.13 Å². The predicted octanol–water partition coefficient (Wildman–Crippen LogP) is 3.67. The highest BCUT2D eigenvalue weighted by Gasteiger charge is 2.07. The summed E-state index contributed by atoms with van der Waals surface area (Å²) in [5.41, 5.74) is 1.10. The van der Waals surface area contributed by atoms with Gasteiger partial charge in [-0.1, -0.05) is 15.9 Å². The molecule has 2 aromatic rings. The first-order chi connectivity index (χ1) is 7.70. The molecule has 0 amide bonds. The summed E-state index contributed by atoms with van der Waals surface area (Å²) >= 11 is 3.20. The van der Waals surface area contributed by atoms with E-state index in [-0.39, 0.29) is 5.82 Å². The van der Waals surface area contributed by atoms with Crippen molar-refractivity contribution in [2.24, 2.45) is 0 Å². The Balaban J connectivity index is 2.27.